The first kappa shape index (κ1) is 57.2. The van der Waals surface area contributed by atoms with Gasteiger partial charge in [-0.15, -0.1) is 0 Å². The number of fused-ring (bicyclic) bond motifs is 9. The Morgan fingerprint density at radius 3 is 0.859 bits per heavy atom. The highest BCUT2D eigenvalue weighted by atomic mass is 15.1. The lowest BCUT2D eigenvalue weighted by Gasteiger charge is -2.28. The molecule has 6 nitrogen and oxygen atoms in total. The molecule has 0 aliphatic rings. The van der Waals surface area contributed by atoms with Crippen LogP contribution in [-0.2, 0) is 0 Å². The van der Waals surface area contributed by atoms with Crippen LogP contribution in [0.1, 0.15) is 0 Å². The standard InChI is InChI=1S/C93H60N6/c1-7-28-61(29-8-1)67-51-53-89-78(54-67)75-52-50-68(80-45-27-44-79(94-80)62-30-9-2-10-31-62)59-90(75)99(89)93-91(97-85-46-23-19-40-71(85)72-41-20-24-47-86(72)97)76(69-55-81(63-32-11-3-12-33-63)95-82(56-69)64-34-13-4-14-35-64)60-77(92(93)98-87-48-25-21-42-73(87)74-43-22-26-49-88(74)98)70-57-83(65-36-15-5-16-37-65)96-84(58-70)66-38-17-6-18-39-66/h1-60H. The topological polar surface area (TPSA) is 53.5 Å². The smallest absolute Gasteiger partial charge is 0.0959 e. The van der Waals surface area contributed by atoms with Crippen molar-refractivity contribution >= 4 is 65.4 Å². The number of nitrogens with zero attached hydrogens (tertiary/aromatic N) is 6. The first-order valence-corrected chi connectivity index (χ1v) is 33.7. The van der Waals surface area contributed by atoms with Crippen molar-refractivity contribution in [2.24, 2.45) is 0 Å². The number of hydrogen-bond acceptors (Lipinski definition) is 3. The van der Waals surface area contributed by atoms with Crippen molar-refractivity contribution in [1.82, 2.24) is 28.7 Å². The summed E-state index contributed by atoms with van der Waals surface area (Å²) < 4.78 is 7.76. The Bertz CT molecular complexity index is 5830. The Balaban J connectivity index is 1.08. The number of aromatic nitrogens is 6. The maximum Gasteiger partial charge on any atom is 0.0959 e. The fraction of sp³-hybridized carbons (Fsp3) is 0. The third kappa shape index (κ3) is 9.84. The van der Waals surface area contributed by atoms with Crippen LogP contribution in [0.25, 0.3) is 183 Å². The van der Waals surface area contributed by atoms with Crippen molar-refractivity contribution in [3.05, 3.63) is 364 Å². The van der Waals surface area contributed by atoms with Crippen molar-refractivity contribution in [3.63, 3.8) is 0 Å². The number of hydrogen-bond donors (Lipinski definition) is 0. The second-order valence-corrected chi connectivity index (χ2v) is 25.4. The molecule has 0 aliphatic carbocycles. The van der Waals surface area contributed by atoms with Crippen molar-refractivity contribution in [3.8, 4) is 118 Å². The minimum atomic E-state index is 0.858. The summed E-state index contributed by atoms with van der Waals surface area (Å²) in [5.74, 6) is 0. The van der Waals surface area contributed by atoms with Crippen LogP contribution in [0.2, 0.25) is 0 Å². The number of para-hydroxylation sites is 4. The van der Waals surface area contributed by atoms with E-state index < -0.39 is 0 Å². The van der Waals surface area contributed by atoms with Gasteiger partial charge in [0.05, 0.1) is 84.3 Å². The van der Waals surface area contributed by atoms with Gasteiger partial charge in [0, 0.05) is 76.8 Å². The first-order valence-electron chi connectivity index (χ1n) is 33.7. The molecule has 0 aliphatic heterocycles. The molecule has 0 spiro atoms. The number of pyridine rings is 3. The molecule has 0 amide bonds. The molecule has 0 unspecified atom stereocenters. The largest absolute Gasteiger partial charge is 0.306 e. The van der Waals surface area contributed by atoms with Gasteiger partial charge in [-0.25, -0.2) is 15.0 Å². The molecule has 0 N–H and O–H groups in total. The Kier molecular flexibility index (Phi) is 13.8. The zero-order valence-electron chi connectivity index (χ0n) is 53.8. The molecule has 19 aromatic rings. The molecule has 0 atom stereocenters. The van der Waals surface area contributed by atoms with E-state index in [1.54, 1.807) is 0 Å². The van der Waals surface area contributed by atoms with Crippen LogP contribution < -0.4 is 0 Å². The minimum absolute atomic E-state index is 0.858. The average Bonchev–Trinajstić information content (AvgIpc) is 1.59. The van der Waals surface area contributed by atoms with E-state index in [1.165, 1.54) is 0 Å². The van der Waals surface area contributed by atoms with E-state index in [9.17, 15) is 0 Å². The molecule has 13 aromatic carbocycles. The van der Waals surface area contributed by atoms with Gasteiger partial charge >= 0.3 is 0 Å². The lowest BCUT2D eigenvalue weighted by atomic mass is 9.90. The molecule has 99 heavy (non-hydrogen) atoms. The van der Waals surface area contributed by atoms with Crippen molar-refractivity contribution in [2.45, 2.75) is 0 Å². The van der Waals surface area contributed by atoms with E-state index in [1.807, 2.05) is 0 Å². The number of benzene rings is 13. The predicted octanol–water partition coefficient (Wildman–Crippen LogP) is 24.2. The predicted molar refractivity (Wildman–Crippen MR) is 412 cm³/mol. The van der Waals surface area contributed by atoms with Crippen LogP contribution in [0, 0.1) is 0 Å². The van der Waals surface area contributed by atoms with Gasteiger partial charge in [0.2, 0.25) is 0 Å². The van der Waals surface area contributed by atoms with E-state index in [-0.39, 0.29) is 0 Å². The zero-order chi connectivity index (χ0) is 65.3. The lowest BCUT2D eigenvalue weighted by Crippen LogP contribution is -2.13. The summed E-state index contributed by atoms with van der Waals surface area (Å²) in [6, 6.07) is 132. The van der Waals surface area contributed by atoms with Crippen LogP contribution in [0.15, 0.2) is 364 Å². The second-order valence-electron chi connectivity index (χ2n) is 25.4. The Morgan fingerprint density at radius 1 is 0.152 bits per heavy atom. The zero-order valence-corrected chi connectivity index (χ0v) is 53.8. The SMILES string of the molecule is c1ccc(-c2ccc3c(c2)c2ccc(-c4cccc(-c5ccccc5)n4)cc2n3-c2c(-n3c4ccccc4c4ccccc43)c(-c3cc(-c4ccccc4)nc(-c4ccccc4)c3)cc(-c3cc(-c4ccccc4)nc(-c4ccccc4)c3)c2-n2c3ccccc3c3ccccc32)cc1. The van der Waals surface area contributed by atoms with Crippen molar-refractivity contribution in [1.29, 1.82) is 0 Å². The quantitative estimate of drug-likeness (QED) is 0.122. The van der Waals surface area contributed by atoms with Gasteiger partial charge < -0.3 is 13.7 Å². The van der Waals surface area contributed by atoms with Gasteiger partial charge in [-0.05, 0) is 107 Å². The molecule has 6 heteroatoms. The van der Waals surface area contributed by atoms with Gasteiger partial charge in [-0.3, -0.25) is 0 Å². The molecular formula is C93H60N6. The van der Waals surface area contributed by atoms with Crippen LogP contribution in [-0.4, -0.2) is 28.7 Å². The third-order valence-corrected chi connectivity index (χ3v) is 19.6. The van der Waals surface area contributed by atoms with Crippen LogP contribution in [0.4, 0.5) is 0 Å². The lowest BCUT2D eigenvalue weighted by molar-refractivity contribution is 1.05. The summed E-state index contributed by atoms with van der Waals surface area (Å²) in [5, 5.41) is 6.79. The molecule has 6 aromatic heterocycles. The summed E-state index contributed by atoms with van der Waals surface area (Å²) in [7, 11) is 0. The second kappa shape index (κ2) is 23.9. The number of rotatable bonds is 12. The molecule has 0 fully saturated rings. The third-order valence-electron chi connectivity index (χ3n) is 19.6. The van der Waals surface area contributed by atoms with Gasteiger partial charge in [0.25, 0.3) is 0 Å². The van der Waals surface area contributed by atoms with E-state index >= 15 is 0 Å². The highest BCUT2D eigenvalue weighted by Gasteiger charge is 2.32. The molecule has 0 radical (unpaired) electrons. The molecular weight excluding hydrogens is 1200 g/mol. The Morgan fingerprint density at radius 2 is 0.455 bits per heavy atom. The minimum Gasteiger partial charge on any atom is -0.306 e. The van der Waals surface area contributed by atoms with Crippen molar-refractivity contribution in [2.75, 3.05) is 0 Å². The van der Waals surface area contributed by atoms with Gasteiger partial charge in [0.1, 0.15) is 0 Å². The molecule has 462 valence electrons. The van der Waals surface area contributed by atoms with Gasteiger partial charge in [-0.1, -0.05) is 279 Å². The van der Waals surface area contributed by atoms with Gasteiger partial charge in [0.15, 0.2) is 0 Å². The van der Waals surface area contributed by atoms with E-state index in [2.05, 4.69) is 378 Å². The van der Waals surface area contributed by atoms with Crippen LogP contribution in [0.5, 0.6) is 0 Å². The van der Waals surface area contributed by atoms with Crippen LogP contribution in [0.3, 0.4) is 0 Å². The van der Waals surface area contributed by atoms with E-state index in [0.29, 0.717) is 0 Å². The Hall–Kier alpha value is -13.3. The molecule has 0 saturated heterocycles. The molecule has 6 heterocycles. The van der Waals surface area contributed by atoms with Gasteiger partial charge in [-0.2, -0.15) is 0 Å². The summed E-state index contributed by atoms with van der Waals surface area (Å²) in [6.45, 7) is 0. The average molecular weight is 1260 g/mol. The maximum atomic E-state index is 5.61. The summed E-state index contributed by atoms with van der Waals surface area (Å²) in [5.41, 5.74) is 26.8. The fourth-order valence-corrected chi connectivity index (χ4v) is 15.1. The fourth-order valence-electron chi connectivity index (χ4n) is 15.1. The monoisotopic (exact) mass is 1260 g/mol. The summed E-state index contributed by atoms with van der Waals surface area (Å²) in [6.07, 6.45) is 0. The highest BCUT2D eigenvalue weighted by molar-refractivity contribution is 6.17. The van der Waals surface area contributed by atoms with E-state index in [0.717, 1.165) is 183 Å². The maximum absolute atomic E-state index is 5.61. The summed E-state index contributed by atoms with van der Waals surface area (Å²) in [4.78, 5) is 16.7. The Labute approximate surface area is 572 Å². The molecule has 0 saturated carbocycles. The summed E-state index contributed by atoms with van der Waals surface area (Å²) >= 11 is 0. The molecule has 19 rings (SSSR count). The normalized spacial score (nSPS) is 11.6. The molecule has 0 bridgehead atoms. The first-order chi connectivity index (χ1) is 49.1. The van der Waals surface area contributed by atoms with Crippen LogP contribution >= 0.6 is 0 Å². The highest BCUT2D eigenvalue weighted by Crippen LogP contribution is 2.52. The van der Waals surface area contributed by atoms with Crippen molar-refractivity contribution < 1.29 is 0 Å². The van der Waals surface area contributed by atoms with E-state index in [4.69, 9.17) is 15.0 Å².